The third-order valence-electron chi connectivity index (χ3n) is 10.4. The summed E-state index contributed by atoms with van der Waals surface area (Å²) >= 11 is 3.78. The van der Waals surface area contributed by atoms with Crippen molar-refractivity contribution >= 4 is 85.0 Å². The molecule has 0 amide bonds. The minimum atomic E-state index is -0.0995. The van der Waals surface area contributed by atoms with Gasteiger partial charge in [-0.3, -0.25) is 16.0 Å². The molecule has 7 aromatic carbocycles. The van der Waals surface area contributed by atoms with Gasteiger partial charge in [-0.1, -0.05) is 121 Å². The van der Waals surface area contributed by atoms with Crippen molar-refractivity contribution in [3.63, 3.8) is 0 Å². The summed E-state index contributed by atoms with van der Waals surface area (Å²) in [5.74, 6) is 0. The fraction of sp³-hybridized carbons (Fsp3) is 0.0667. The van der Waals surface area contributed by atoms with Crippen LogP contribution in [-0.4, -0.2) is 0 Å². The molecule has 244 valence electrons. The van der Waals surface area contributed by atoms with Crippen molar-refractivity contribution in [2.45, 2.75) is 18.5 Å². The average Bonchev–Trinajstić information content (AvgIpc) is 3.88. The molecule has 0 radical (unpaired) electrons. The summed E-state index contributed by atoms with van der Waals surface area (Å²) in [6.45, 7) is 0. The molecule has 4 heterocycles. The molecule has 11 rings (SSSR count). The Morgan fingerprint density at radius 1 is 0.412 bits per heavy atom. The van der Waals surface area contributed by atoms with Crippen LogP contribution in [-0.2, 0) is 0 Å². The Kier molecular flexibility index (Phi) is 6.69. The molecular weight excluding hydrogens is 663 g/mol. The van der Waals surface area contributed by atoms with Crippen LogP contribution in [0.5, 0.6) is 0 Å². The van der Waals surface area contributed by atoms with Crippen LogP contribution >= 0.6 is 22.7 Å². The second kappa shape index (κ2) is 11.6. The van der Waals surface area contributed by atoms with E-state index in [0.29, 0.717) is 0 Å². The van der Waals surface area contributed by atoms with Gasteiger partial charge >= 0.3 is 0 Å². The van der Waals surface area contributed by atoms with E-state index >= 15 is 0 Å². The molecule has 1 saturated heterocycles. The molecule has 1 fully saturated rings. The molecule has 3 unspecified atom stereocenters. The molecule has 3 N–H and O–H groups in total. The normalized spacial score (nSPS) is 18.2. The Labute approximate surface area is 302 Å². The summed E-state index contributed by atoms with van der Waals surface area (Å²) in [6, 6.07) is 54.7. The predicted molar refractivity (Wildman–Crippen MR) is 215 cm³/mol. The maximum absolute atomic E-state index is 6.17. The molecule has 51 heavy (non-hydrogen) atoms. The number of hydrogen-bond donors (Lipinski definition) is 3. The number of benzene rings is 7. The Balaban J connectivity index is 1.02. The molecule has 0 spiro atoms. The van der Waals surface area contributed by atoms with Gasteiger partial charge in [-0.05, 0) is 52.6 Å². The Morgan fingerprint density at radius 2 is 1.08 bits per heavy atom. The lowest BCUT2D eigenvalue weighted by molar-refractivity contribution is 0.204. The first-order chi connectivity index (χ1) is 25.2. The van der Waals surface area contributed by atoms with Crippen LogP contribution in [0, 0.1) is 0 Å². The van der Waals surface area contributed by atoms with E-state index < -0.39 is 0 Å². The van der Waals surface area contributed by atoms with Gasteiger partial charge in [-0.15, -0.1) is 22.7 Å². The maximum Gasteiger partial charge on any atom is 0.135 e. The van der Waals surface area contributed by atoms with Crippen molar-refractivity contribution in [3.05, 3.63) is 168 Å². The van der Waals surface area contributed by atoms with Crippen LogP contribution < -0.4 is 16.0 Å². The van der Waals surface area contributed by atoms with E-state index in [2.05, 4.69) is 155 Å². The first-order valence-corrected chi connectivity index (χ1v) is 19.0. The highest BCUT2D eigenvalue weighted by Gasteiger charge is 2.31. The Hall–Kier alpha value is -5.34. The molecule has 1 aliphatic heterocycles. The van der Waals surface area contributed by atoms with Gasteiger partial charge in [0.05, 0.1) is 18.5 Å². The van der Waals surface area contributed by atoms with E-state index in [0.717, 1.165) is 21.9 Å². The first-order valence-electron chi connectivity index (χ1n) is 17.4. The standard InChI is InChI=1S/C45H31N3OS2/c1-2-10-26(11-3-1)43-46-44(28-21-23-38-36(24-28)30-12-4-6-18-37(30)49-38)48-45(47-43)35-17-9-16-34-32-22-20-27(25-40(32)51-42(34)35)29-14-8-15-33-31-13-5-7-19-39(31)50-41(29)33/h1-25,43-48H. The smallest absolute Gasteiger partial charge is 0.135 e. The van der Waals surface area contributed by atoms with Crippen LogP contribution in [0.25, 0.3) is 73.4 Å². The minimum absolute atomic E-state index is 0.0581. The maximum atomic E-state index is 6.17. The van der Waals surface area contributed by atoms with Crippen LogP contribution in [0.3, 0.4) is 0 Å². The van der Waals surface area contributed by atoms with Crippen LogP contribution in [0.15, 0.2) is 156 Å². The lowest BCUT2D eigenvalue weighted by Crippen LogP contribution is -2.54. The third-order valence-corrected chi connectivity index (χ3v) is 12.9. The molecule has 3 aromatic heterocycles. The molecule has 3 atom stereocenters. The van der Waals surface area contributed by atoms with E-state index in [1.165, 1.54) is 68.2 Å². The van der Waals surface area contributed by atoms with Crippen LogP contribution in [0.4, 0.5) is 0 Å². The first kappa shape index (κ1) is 29.4. The highest BCUT2D eigenvalue weighted by Crippen LogP contribution is 2.44. The van der Waals surface area contributed by atoms with Gasteiger partial charge in [0.1, 0.15) is 11.2 Å². The van der Waals surface area contributed by atoms with Gasteiger partial charge in [0.2, 0.25) is 0 Å². The quantitative estimate of drug-likeness (QED) is 0.172. The molecule has 6 heteroatoms. The zero-order valence-electron chi connectivity index (χ0n) is 27.4. The van der Waals surface area contributed by atoms with Gasteiger partial charge in [0.25, 0.3) is 0 Å². The lowest BCUT2D eigenvalue weighted by Gasteiger charge is -2.39. The fourth-order valence-electron chi connectivity index (χ4n) is 7.97. The predicted octanol–water partition coefficient (Wildman–Crippen LogP) is 12.2. The van der Waals surface area contributed by atoms with E-state index in [1.54, 1.807) is 0 Å². The van der Waals surface area contributed by atoms with Crippen molar-refractivity contribution in [2.75, 3.05) is 0 Å². The molecular formula is C45H31N3OS2. The lowest BCUT2D eigenvalue weighted by atomic mass is 10.00. The highest BCUT2D eigenvalue weighted by molar-refractivity contribution is 7.26. The summed E-state index contributed by atoms with van der Waals surface area (Å²) in [6.07, 6.45) is -0.253. The van der Waals surface area contributed by atoms with Crippen LogP contribution in [0.2, 0.25) is 0 Å². The Bertz CT molecular complexity index is 2940. The molecule has 0 aliphatic carbocycles. The zero-order valence-corrected chi connectivity index (χ0v) is 29.0. The van der Waals surface area contributed by atoms with E-state index in [4.69, 9.17) is 4.42 Å². The summed E-state index contributed by atoms with van der Waals surface area (Å²) in [4.78, 5) is 0. The van der Waals surface area contributed by atoms with Crippen molar-refractivity contribution in [1.82, 2.24) is 16.0 Å². The third kappa shape index (κ3) is 4.76. The van der Waals surface area contributed by atoms with Gasteiger partial charge in [0.15, 0.2) is 0 Å². The molecule has 0 bridgehead atoms. The van der Waals surface area contributed by atoms with Crippen molar-refractivity contribution < 1.29 is 4.42 Å². The van der Waals surface area contributed by atoms with Gasteiger partial charge < -0.3 is 4.42 Å². The second-order valence-corrected chi connectivity index (χ2v) is 15.5. The number of nitrogens with one attached hydrogen (secondary N) is 3. The SMILES string of the molecule is c1ccc(C2NC(c3ccc4oc5ccccc5c4c3)NC(c3cccc4c3sc3cc(-c5cccc6c5sc5ccccc56)ccc34)N2)cc1. The van der Waals surface area contributed by atoms with Gasteiger partial charge in [-0.25, -0.2) is 0 Å². The monoisotopic (exact) mass is 693 g/mol. The fourth-order valence-corrected chi connectivity index (χ4v) is 10.5. The van der Waals surface area contributed by atoms with E-state index in [1.807, 2.05) is 34.8 Å². The largest absolute Gasteiger partial charge is 0.456 e. The number of para-hydroxylation sites is 1. The number of hydrogen-bond acceptors (Lipinski definition) is 6. The molecule has 4 nitrogen and oxygen atoms in total. The number of furan rings is 1. The van der Waals surface area contributed by atoms with Crippen molar-refractivity contribution in [3.8, 4) is 11.1 Å². The van der Waals surface area contributed by atoms with Gasteiger partial charge in [-0.2, -0.15) is 0 Å². The minimum Gasteiger partial charge on any atom is -0.456 e. The topological polar surface area (TPSA) is 49.2 Å². The number of fused-ring (bicyclic) bond motifs is 9. The van der Waals surface area contributed by atoms with Crippen molar-refractivity contribution in [2.24, 2.45) is 0 Å². The zero-order chi connectivity index (χ0) is 33.5. The Morgan fingerprint density at radius 3 is 1.98 bits per heavy atom. The summed E-state index contributed by atoms with van der Waals surface area (Å²) in [5.41, 5.74) is 8.00. The molecule has 1 aliphatic rings. The van der Waals surface area contributed by atoms with E-state index in [9.17, 15) is 0 Å². The van der Waals surface area contributed by atoms with Gasteiger partial charge in [0, 0.05) is 56.7 Å². The summed E-state index contributed by atoms with van der Waals surface area (Å²) in [5, 5.41) is 19.3. The number of rotatable bonds is 4. The second-order valence-electron chi connectivity index (χ2n) is 13.4. The average molecular weight is 694 g/mol. The van der Waals surface area contributed by atoms with Crippen LogP contribution in [0.1, 0.15) is 35.2 Å². The molecule has 10 aromatic rings. The van der Waals surface area contributed by atoms with E-state index in [-0.39, 0.29) is 18.5 Å². The molecule has 0 saturated carbocycles. The summed E-state index contributed by atoms with van der Waals surface area (Å²) < 4.78 is 11.5. The highest BCUT2D eigenvalue weighted by atomic mass is 32.1. The summed E-state index contributed by atoms with van der Waals surface area (Å²) in [7, 11) is 0. The number of thiophene rings is 2. The van der Waals surface area contributed by atoms with Crippen molar-refractivity contribution in [1.29, 1.82) is 0 Å².